The Hall–Kier alpha value is -1.71. The van der Waals surface area contributed by atoms with Crippen LogP contribution in [0.4, 0.5) is 0 Å². The third kappa shape index (κ3) is 2.03. The summed E-state index contributed by atoms with van der Waals surface area (Å²) in [5, 5.41) is 1.13. The summed E-state index contributed by atoms with van der Waals surface area (Å²) in [6.07, 6.45) is 0. The van der Waals surface area contributed by atoms with Gasteiger partial charge in [0.25, 0.3) is 0 Å². The highest BCUT2D eigenvalue weighted by atomic mass is 35.5. The first-order valence-corrected chi connectivity index (χ1v) is 6.59. The van der Waals surface area contributed by atoms with E-state index in [0.717, 1.165) is 10.2 Å². The molecule has 0 aliphatic heterocycles. The van der Waals surface area contributed by atoms with Crippen LogP contribution in [0.15, 0.2) is 48.5 Å². The predicted molar refractivity (Wildman–Crippen MR) is 74.5 cm³/mol. The quantitative estimate of drug-likeness (QED) is 0.656. The van der Waals surface area contributed by atoms with E-state index in [1.807, 2.05) is 24.3 Å². The van der Waals surface area contributed by atoms with Crippen LogP contribution in [0.3, 0.4) is 0 Å². The zero-order chi connectivity index (χ0) is 12.5. The molecule has 0 N–H and O–H groups in total. The highest BCUT2D eigenvalue weighted by Crippen LogP contribution is 2.24. The number of para-hydroxylation sites is 1. The molecule has 3 aromatic rings. The Morgan fingerprint density at radius 1 is 1.06 bits per heavy atom. The van der Waals surface area contributed by atoms with E-state index in [-0.39, 0.29) is 5.78 Å². The van der Waals surface area contributed by atoms with Gasteiger partial charge in [-0.15, -0.1) is 11.3 Å². The summed E-state index contributed by atoms with van der Waals surface area (Å²) in [7, 11) is 0. The molecular weight excluding hydrogens is 266 g/mol. The highest BCUT2D eigenvalue weighted by molar-refractivity contribution is 7.20. The van der Waals surface area contributed by atoms with Gasteiger partial charge in [-0.1, -0.05) is 23.7 Å². The topological polar surface area (TPSA) is 30.0 Å². The van der Waals surface area contributed by atoms with Crippen LogP contribution in [-0.4, -0.2) is 10.8 Å². The Bertz CT molecular complexity index is 685. The Kier molecular flexibility index (Phi) is 2.86. The van der Waals surface area contributed by atoms with E-state index in [0.29, 0.717) is 15.6 Å². The van der Waals surface area contributed by atoms with Crippen molar-refractivity contribution in [2.75, 3.05) is 0 Å². The molecule has 0 radical (unpaired) electrons. The van der Waals surface area contributed by atoms with Gasteiger partial charge in [0.2, 0.25) is 5.78 Å². The molecular formula is C14H8ClNOS. The van der Waals surface area contributed by atoms with Gasteiger partial charge in [0, 0.05) is 10.6 Å². The second kappa shape index (κ2) is 4.52. The van der Waals surface area contributed by atoms with Crippen molar-refractivity contribution in [3.63, 3.8) is 0 Å². The number of aromatic nitrogens is 1. The molecule has 0 aliphatic rings. The molecule has 2 aromatic carbocycles. The van der Waals surface area contributed by atoms with E-state index < -0.39 is 0 Å². The number of thiazole rings is 1. The van der Waals surface area contributed by atoms with Crippen LogP contribution in [0.1, 0.15) is 15.4 Å². The van der Waals surface area contributed by atoms with Crippen molar-refractivity contribution < 1.29 is 4.79 Å². The van der Waals surface area contributed by atoms with Crippen molar-refractivity contribution in [3.05, 3.63) is 64.1 Å². The molecule has 0 fully saturated rings. The van der Waals surface area contributed by atoms with Gasteiger partial charge in [0.1, 0.15) is 0 Å². The third-order valence-electron chi connectivity index (χ3n) is 2.59. The Labute approximate surface area is 113 Å². The van der Waals surface area contributed by atoms with E-state index in [2.05, 4.69) is 4.98 Å². The molecule has 1 aromatic heterocycles. The van der Waals surface area contributed by atoms with Crippen molar-refractivity contribution in [3.8, 4) is 0 Å². The molecule has 1 heterocycles. The molecule has 4 heteroatoms. The zero-order valence-electron chi connectivity index (χ0n) is 9.26. The maximum Gasteiger partial charge on any atom is 0.221 e. The summed E-state index contributed by atoms with van der Waals surface area (Å²) in [4.78, 5) is 16.6. The molecule has 3 rings (SSSR count). The Morgan fingerprint density at radius 3 is 2.50 bits per heavy atom. The summed E-state index contributed by atoms with van der Waals surface area (Å²) < 4.78 is 1.02. The Balaban J connectivity index is 2.03. The number of hydrogen-bond acceptors (Lipinski definition) is 3. The average Bonchev–Trinajstić information content (AvgIpc) is 2.82. The molecule has 0 unspecified atom stereocenters. The fourth-order valence-corrected chi connectivity index (χ4v) is 2.75. The number of fused-ring (bicyclic) bond motifs is 1. The number of benzene rings is 2. The number of ketones is 1. The second-order valence-corrected chi connectivity index (χ2v) is 5.29. The van der Waals surface area contributed by atoms with E-state index in [1.54, 1.807) is 24.3 Å². The molecule has 88 valence electrons. The lowest BCUT2D eigenvalue weighted by molar-refractivity contribution is 0.103. The van der Waals surface area contributed by atoms with Crippen molar-refractivity contribution in [2.24, 2.45) is 0 Å². The molecule has 0 aliphatic carbocycles. The van der Waals surface area contributed by atoms with E-state index >= 15 is 0 Å². The first-order valence-electron chi connectivity index (χ1n) is 5.40. The minimum absolute atomic E-state index is 0.0622. The van der Waals surface area contributed by atoms with Gasteiger partial charge >= 0.3 is 0 Å². The maximum atomic E-state index is 12.2. The molecule has 0 atom stereocenters. The molecule has 0 amide bonds. The van der Waals surface area contributed by atoms with Gasteiger partial charge in [-0.05, 0) is 36.4 Å². The smallest absolute Gasteiger partial charge is 0.221 e. The first kappa shape index (κ1) is 11.4. The van der Waals surface area contributed by atoms with Crippen LogP contribution in [0, 0.1) is 0 Å². The summed E-state index contributed by atoms with van der Waals surface area (Å²) in [6, 6.07) is 14.6. The predicted octanol–water partition coefficient (Wildman–Crippen LogP) is 4.18. The SMILES string of the molecule is O=C(c1ccc(Cl)cc1)c1nc2ccccc2s1. The van der Waals surface area contributed by atoms with E-state index in [9.17, 15) is 4.79 Å². The lowest BCUT2D eigenvalue weighted by atomic mass is 10.1. The fraction of sp³-hybridized carbons (Fsp3) is 0. The summed E-state index contributed by atoms with van der Waals surface area (Å²) in [5.41, 5.74) is 1.47. The lowest BCUT2D eigenvalue weighted by Crippen LogP contribution is -1.99. The summed E-state index contributed by atoms with van der Waals surface area (Å²) in [6.45, 7) is 0. The minimum Gasteiger partial charge on any atom is -0.286 e. The number of nitrogens with zero attached hydrogens (tertiary/aromatic N) is 1. The van der Waals surface area contributed by atoms with Crippen molar-refractivity contribution in [2.45, 2.75) is 0 Å². The van der Waals surface area contributed by atoms with Crippen LogP contribution in [0.2, 0.25) is 5.02 Å². The minimum atomic E-state index is -0.0622. The summed E-state index contributed by atoms with van der Waals surface area (Å²) >= 11 is 7.21. The van der Waals surface area contributed by atoms with Crippen molar-refractivity contribution in [1.82, 2.24) is 4.98 Å². The number of halogens is 1. The average molecular weight is 274 g/mol. The summed E-state index contributed by atoms with van der Waals surface area (Å²) in [5.74, 6) is -0.0622. The van der Waals surface area contributed by atoms with Crippen LogP contribution in [-0.2, 0) is 0 Å². The van der Waals surface area contributed by atoms with Gasteiger partial charge in [-0.2, -0.15) is 0 Å². The highest BCUT2D eigenvalue weighted by Gasteiger charge is 2.13. The molecule has 0 saturated carbocycles. The van der Waals surface area contributed by atoms with Crippen LogP contribution < -0.4 is 0 Å². The van der Waals surface area contributed by atoms with Crippen LogP contribution in [0.25, 0.3) is 10.2 Å². The van der Waals surface area contributed by atoms with Crippen molar-refractivity contribution in [1.29, 1.82) is 0 Å². The van der Waals surface area contributed by atoms with Gasteiger partial charge in [0.05, 0.1) is 10.2 Å². The van der Waals surface area contributed by atoms with Gasteiger partial charge in [-0.25, -0.2) is 4.98 Å². The molecule has 0 saturated heterocycles. The van der Waals surface area contributed by atoms with Gasteiger partial charge in [-0.3, -0.25) is 4.79 Å². The largest absolute Gasteiger partial charge is 0.286 e. The van der Waals surface area contributed by atoms with Gasteiger partial charge < -0.3 is 0 Å². The lowest BCUT2D eigenvalue weighted by Gasteiger charge is -1.96. The van der Waals surface area contributed by atoms with Crippen LogP contribution in [0.5, 0.6) is 0 Å². The molecule has 0 bridgehead atoms. The number of carbonyl (C=O) groups excluding carboxylic acids is 1. The molecule has 0 spiro atoms. The normalized spacial score (nSPS) is 10.7. The van der Waals surface area contributed by atoms with Crippen molar-refractivity contribution >= 4 is 38.9 Å². The standard InChI is InChI=1S/C14H8ClNOS/c15-10-7-5-9(6-8-10)13(17)14-16-11-3-1-2-4-12(11)18-14/h1-8H. The number of hydrogen-bond donors (Lipinski definition) is 0. The van der Waals surface area contributed by atoms with Gasteiger partial charge in [0.15, 0.2) is 5.01 Å². The monoisotopic (exact) mass is 273 g/mol. The van der Waals surface area contributed by atoms with E-state index in [1.165, 1.54) is 11.3 Å². The molecule has 2 nitrogen and oxygen atoms in total. The third-order valence-corrected chi connectivity index (χ3v) is 3.88. The fourth-order valence-electron chi connectivity index (χ4n) is 1.69. The molecule has 18 heavy (non-hydrogen) atoms. The second-order valence-electron chi connectivity index (χ2n) is 3.82. The zero-order valence-corrected chi connectivity index (χ0v) is 10.8. The van der Waals surface area contributed by atoms with E-state index in [4.69, 9.17) is 11.6 Å². The number of carbonyl (C=O) groups is 1. The maximum absolute atomic E-state index is 12.2. The Morgan fingerprint density at radius 2 is 1.78 bits per heavy atom. The van der Waals surface area contributed by atoms with Crippen LogP contribution >= 0.6 is 22.9 Å². The number of rotatable bonds is 2. The first-order chi connectivity index (χ1) is 8.74.